The lowest BCUT2D eigenvalue weighted by atomic mass is 9.89. The summed E-state index contributed by atoms with van der Waals surface area (Å²) in [4.78, 5) is 22.7. The van der Waals surface area contributed by atoms with Crippen LogP contribution in [0.1, 0.15) is 32.1 Å². The van der Waals surface area contributed by atoms with Gasteiger partial charge in [-0.2, -0.15) is 0 Å². The fourth-order valence-electron chi connectivity index (χ4n) is 4.06. The van der Waals surface area contributed by atoms with Gasteiger partial charge in [0.25, 0.3) is 0 Å². The molecule has 0 saturated heterocycles. The molecule has 0 aromatic carbocycles. The zero-order valence-electron chi connectivity index (χ0n) is 11.5. The van der Waals surface area contributed by atoms with Crippen LogP contribution in [0, 0.1) is 23.7 Å². The second-order valence-electron chi connectivity index (χ2n) is 6.46. The average molecular weight is 278 g/mol. The third-order valence-electron chi connectivity index (χ3n) is 5.13. The van der Waals surface area contributed by atoms with Crippen molar-refractivity contribution in [2.75, 3.05) is 6.54 Å². The molecule has 0 aromatic rings. The fraction of sp³-hybridized carbons (Fsp3) is 0.733. The quantitative estimate of drug-likeness (QED) is 0.686. The van der Waals surface area contributed by atoms with Crippen LogP contribution in [0.25, 0.3) is 0 Å². The average Bonchev–Trinajstić information content (AvgIpc) is 3.11. The summed E-state index contributed by atoms with van der Waals surface area (Å²) >= 11 is 0. The van der Waals surface area contributed by atoms with Crippen molar-refractivity contribution in [2.24, 2.45) is 23.7 Å². The molecule has 5 heteroatoms. The molecule has 5 atom stereocenters. The molecule has 3 aliphatic rings. The van der Waals surface area contributed by atoms with Crippen LogP contribution in [0.3, 0.4) is 0 Å². The van der Waals surface area contributed by atoms with Gasteiger partial charge < -0.3 is 15.7 Å². The zero-order chi connectivity index (χ0) is 14.1. The molecule has 0 heterocycles. The van der Waals surface area contributed by atoms with Crippen molar-refractivity contribution in [1.29, 1.82) is 0 Å². The van der Waals surface area contributed by atoms with Gasteiger partial charge in [0.2, 0.25) is 0 Å². The highest BCUT2D eigenvalue weighted by molar-refractivity contribution is 5.76. The van der Waals surface area contributed by atoms with E-state index in [2.05, 4.69) is 10.6 Å². The van der Waals surface area contributed by atoms with Crippen LogP contribution in [-0.4, -0.2) is 29.7 Å². The standard InChI is InChI=1S/C15H22N2O3/c18-14(19)11-3-4-13(7-11)17-15(20)16-8-12-6-9-1-2-10(12)5-9/h3-4,9-13H,1-2,5-8H2,(H,18,19)(H2,16,17,20). The molecule has 2 bridgehead atoms. The number of carboxylic acid groups (broad SMARTS) is 1. The first kappa shape index (κ1) is 13.5. The number of carbonyl (C=O) groups excluding carboxylic acids is 1. The first-order valence-corrected chi connectivity index (χ1v) is 7.57. The normalized spacial score (nSPS) is 38.1. The lowest BCUT2D eigenvalue weighted by Gasteiger charge is -2.22. The Bertz CT molecular complexity index is 435. The van der Waals surface area contributed by atoms with Crippen LogP contribution < -0.4 is 10.6 Å². The van der Waals surface area contributed by atoms with Crippen LogP contribution >= 0.6 is 0 Å². The summed E-state index contributed by atoms with van der Waals surface area (Å²) in [5, 5.41) is 14.7. The molecule has 20 heavy (non-hydrogen) atoms. The minimum atomic E-state index is -0.826. The van der Waals surface area contributed by atoms with E-state index in [0.717, 1.165) is 18.4 Å². The number of amides is 2. The van der Waals surface area contributed by atoms with Crippen LogP contribution in [0.15, 0.2) is 12.2 Å². The lowest BCUT2D eigenvalue weighted by Crippen LogP contribution is -2.43. The summed E-state index contributed by atoms with van der Waals surface area (Å²) < 4.78 is 0. The molecule has 0 aliphatic heterocycles. The van der Waals surface area contributed by atoms with E-state index in [1.807, 2.05) is 0 Å². The van der Waals surface area contributed by atoms with Crippen LogP contribution in [0.2, 0.25) is 0 Å². The summed E-state index contributed by atoms with van der Waals surface area (Å²) in [5.41, 5.74) is 0. The highest BCUT2D eigenvalue weighted by atomic mass is 16.4. The minimum absolute atomic E-state index is 0.156. The molecule has 0 spiro atoms. The highest BCUT2D eigenvalue weighted by Crippen LogP contribution is 2.47. The topological polar surface area (TPSA) is 78.4 Å². The predicted octanol–water partition coefficient (Wildman–Crippen LogP) is 1.75. The Labute approximate surface area is 118 Å². The molecule has 5 nitrogen and oxygen atoms in total. The number of aliphatic carboxylic acids is 1. The monoisotopic (exact) mass is 278 g/mol. The molecule has 5 unspecified atom stereocenters. The summed E-state index contributed by atoms with van der Waals surface area (Å²) in [7, 11) is 0. The predicted molar refractivity (Wildman–Crippen MR) is 74.1 cm³/mol. The molecule has 110 valence electrons. The molecule has 3 N–H and O–H groups in total. The number of urea groups is 1. The van der Waals surface area contributed by atoms with Gasteiger partial charge in [-0.25, -0.2) is 4.79 Å². The number of carboxylic acids is 1. The maximum atomic E-state index is 11.8. The van der Waals surface area contributed by atoms with E-state index in [-0.39, 0.29) is 12.1 Å². The van der Waals surface area contributed by atoms with E-state index < -0.39 is 11.9 Å². The Kier molecular flexibility index (Phi) is 3.68. The van der Waals surface area contributed by atoms with Gasteiger partial charge in [-0.1, -0.05) is 18.6 Å². The molecule has 2 fully saturated rings. The third kappa shape index (κ3) is 2.81. The van der Waals surface area contributed by atoms with E-state index in [1.54, 1.807) is 12.2 Å². The van der Waals surface area contributed by atoms with E-state index in [0.29, 0.717) is 12.3 Å². The van der Waals surface area contributed by atoms with Crippen molar-refractivity contribution in [3.8, 4) is 0 Å². The smallest absolute Gasteiger partial charge is 0.315 e. The number of rotatable bonds is 4. The van der Waals surface area contributed by atoms with E-state index in [9.17, 15) is 9.59 Å². The van der Waals surface area contributed by atoms with Crippen LogP contribution in [0.4, 0.5) is 4.79 Å². The molecule has 2 saturated carbocycles. The zero-order valence-corrected chi connectivity index (χ0v) is 11.5. The van der Waals surface area contributed by atoms with E-state index in [4.69, 9.17) is 5.11 Å². The first-order valence-electron chi connectivity index (χ1n) is 7.57. The fourth-order valence-corrected chi connectivity index (χ4v) is 4.06. The molecule has 3 aliphatic carbocycles. The summed E-state index contributed by atoms with van der Waals surface area (Å²) in [5.74, 6) is 1.05. The molecular weight excluding hydrogens is 256 g/mol. The molecule has 0 aromatic heterocycles. The van der Waals surface area contributed by atoms with Crippen molar-refractivity contribution < 1.29 is 14.7 Å². The lowest BCUT2D eigenvalue weighted by molar-refractivity contribution is -0.140. The summed E-state index contributed by atoms with van der Waals surface area (Å²) in [6.07, 6.45) is 9.19. The Balaban J connectivity index is 1.38. The van der Waals surface area contributed by atoms with Crippen molar-refractivity contribution in [3.05, 3.63) is 12.2 Å². The SMILES string of the molecule is O=C(NCC1CC2CCC1C2)NC1C=CC(C(=O)O)C1. The Morgan fingerprint density at radius 2 is 2.00 bits per heavy atom. The van der Waals surface area contributed by atoms with Gasteiger partial charge in [0.1, 0.15) is 0 Å². The Morgan fingerprint density at radius 1 is 1.15 bits per heavy atom. The van der Waals surface area contributed by atoms with Gasteiger partial charge in [0, 0.05) is 6.54 Å². The number of nitrogens with one attached hydrogen (secondary N) is 2. The number of fused-ring (bicyclic) bond motifs is 2. The second kappa shape index (κ2) is 5.46. The van der Waals surface area contributed by atoms with Crippen LogP contribution in [-0.2, 0) is 4.79 Å². The highest BCUT2D eigenvalue weighted by Gasteiger charge is 2.39. The van der Waals surface area contributed by atoms with Gasteiger partial charge in [0.15, 0.2) is 0 Å². The van der Waals surface area contributed by atoms with Gasteiger partial charge in [0.05, 0.1) is 12.0 Å². The van der Waals surface area contributed by atoms with Crippen molar-refractivity contribution >= 4 is 12.0 Å². The second-order valence-corrected chi connectivity index (χ2v) is 6.46. The van der Waals surface area contributed by atoms with Crippen LogP contribution in [0.5, 0.6) is 0 Å². The Hall–Kier alpha value is -1.52. The largest absolute Gasteiger partial charge is 0.481 e. The molecule has 3 rings (SSSR count). The van der Waals surface area contributed by atoms with Gasteiger partial charge in [-0.15, -0.1) is 0 Å². The first-order chi connectivity index (χ1) is 9.61. The van der Waals surface area contributed by atoms with Crippen molar-refractivity contribution in [3.63, 3.8) is 0 Å². The van der Waals surface area contributed by atoms with E-state index >= 15 is 0 Å². The number of hydrogen-bond donors (Lipinski definition) is 3. The molecule has 2 amide bonds. The van der Waals surface area contributed by atoms with Crippen molar-refractivity contribution in [1.82, 2.24) is 10.6 Å². The number of carbonyl (C=O) groups is 2. The number of hydrogen-bond acceptors (Lipinski definition) is 2. The minimum Gasteiger partial charge on any atom is -0.481 e. The maximum Gasteiger partial charge on any atom is 0.315 e. The summed E-state index contributed by atoms with van der Waals surface area (Å²) in [6.45, 7) is 0.756. The molecule has 0 radical (unpaired) electrons. The van der Waals surface area contributed by atoms with Gasteiger partial charge >= 0.3 is 12.0 Å². The molecular formula is C15H22N2O3. The third-order valence-corrected chi connectivity index (χ3v) is 5.13. The summed E-state index contributed by atoms with van der Waals surface area (Å²) in [6, 6.07) is -0.329. The van der Waals surface area contributed by atoms with Gasteiger partial charge in [-0.3, -0.25) is 4.79 Å². The maximum absolute atomic E-state index is 11.8. The van der Waals surface area contributed by atoms with E-state index in [1.165, 1.54) is 25.7 Å². The van der Waals surface area contributed by atoms with Crippen molar-refractivity contribution in [2.45, 2.75) is 38.1 Å². The van der Waals surface area contributed by atoms with Gasteiger partial charge in [-0.05, 0) is 43.4 Å². The Morgan fingerprint density at radius 3 is 2.60 bits per heavy atom.